The van der Waals surface area contributed by atoms with Crippen molar-refractivity contribution in [2.24, 2.45) is 0 Å². The lowest BCUT2D eigenvalue weighted by atomic mass is 9.95. The van der Waals surface area contributed by atoms with Crippen molar-refractivity contribution < 1.29 is 9.59 Å². The zero-order valence-electron chi connectivity index (χ0n) is 15.0. The van der Waals surface area contributed by atoms with Crippen LogP contribution in [0.5, 0.6) is 0 Å². The Kier molecular flexibility index (Phi) is 5.39. The summed E-state index contributed by atoms with van der Waals surface area (Å²) in [6.45, 7) is 7.69. The van der Waals surface area contributed by atoms with Crippen molar-refractivity contribution in [3.8, 4) is 0 Å². The quantitative estimate of drug-likeness (QED) is 0.615. The smallest absolute Gasteiger partial charge is 0.209 e. The van der Waals surface area contributed by atoms with Crippen molar-refractivity contribution in [3.05, 3.63) is 23.0 Å². The number of Topliss-reactive ketones (excluding diaryl/α,β-unsaturated/α-hetero) is 1. The summed E-state index contributed by atoms with van der Waals surface area (Å²) in [4.78, 5) is 27.5. The van der Waals surface area contributed by atoms with Crippen LogP contribution in [-0.2, 0) is 4.79 Å². The maximum Gasteiger partial charge on any atom is 0.209 e. The largest absolute Gasteiger partial charge is 0.345 e. The first-order chi connectivity index (χ1) is 11.6. The van der Waals surface area contributed by atoms with Crippen LogP contribution < -0.4 is 0 Å². The van der Waals surface area contributed by atoms with Crippen molar-refractivity contribution in [1.82, 2.24) is 14.4 Å². The van der Waals surface area contributed by atoms with Gasteiger partial charge in [-0.3, -0.25) is 14.5 Å². The molecule has 1 amide bonds. The van der Waals surface area contributed by atoms with Gasteiger partial charge in [-0.05, 0) is 32.8 Å². The van der Waals surface area contributed by atoms with E-state index in [2.05, 4.69) is 29.4 Å². The van der Waals surface area contributed by atoms with E-state index in [0.717, 1.165) is 43.8 Å². The minimum absolute atomic E-state index is 0.213. The van der Waals surface area contributed by atoms with Crippen LogP contribution in [0, 0.1) is 13.8 Å². The number of aromatic nitrogens is 1. The van der Waals surface area contributed by atoms with E-state index in [1.807, 2.05) is 0 Å². The van der Waals surface area contributed by atoms with Gasteiger partial charge in [0.1, 0.15) is 0 Å². The highest BCUT2D eigenvalue weighted by Crippen LogP contribution is 2.32. The fourth-order valence-corrected chi connectivity index (χ4v) is 4.28. The van der Waals surface area contributed by atoms with E-state index < -0.39 is 0 Å². The Morgan fingerprint density at radius 3 is 2.42 bits per heavy atom. The zero-order valence-corrected chi connectivity index (χ0v) is 15.0. The molecule has 3 rings (SSSR count). The number of hydrogen-bond acceptors (Lipinski definition) is 3. The molecule has 5 heteroatoms. The third-order valence-corrected chi connectivity index (χ3v) is 5.65. The summed E-state index contributed by atoms with van der Waals surface area (Å²) in [6.07, 6.45) is 7.30. The van der Waals surface area contributed by atoms with E-state index in [9.17, 15) is 9.59 Å². The van der Waals surface area contributed by atoms with Crippen molar-refractivity contribution in [2.75, 3.05) is 32.7 Å². The van der Waals surface area contributed by atoms with Crippen LogP contribution in [-0.4, -0.2) is 59.3 Å². The van der Waals surface area contributed by atoms with E-state index in [1.54, 1.807) is 4.90 Å². The first-order valence-electron chi connectivity index (χ1n) is 9.23. The topological polar surface area (TPSA) is 45.6 Å². The molecule has 0 radical (unpaired) electrons. The maximum absolute atomic E-state index is 12.8. The summed E-state index contributed by atoms with van der Waals surface area (Å²) in [7, 11) is 0. The summed E-state index contributed by atoms with van der Waals surface area (Å²) in [5, 5.41) is 0. The SMILES string of the molecule is Cc1cc(C(=O)CN2CCN(C=O)CC2)c(C)n1C1CCCCC1. The number of carbonyl (C=O) groups is 2. The van der Waals surface area contributed by atoms with E-state index in [-0.39, 0.29) is 5.78 Å². The summed E-state index contributed by atoms with van der Waals surface area (Å²) in [5.74, 6) is 0.213. The third-order valence-electron chi connectivity index (χ3n) is 5.65. The number of carbonyl (C=O) groups excluding carboxylic acids is 2. The number of nitrogens with zero attached hydrogens (tertiary/aromatic N) is 3. The number of piperazine rings is 1. The second kappa shape index (κ2) is 7.51. The van der Waals surface area contributed by atoms with Gasteiger partial charge in [0.2, 0.25) is 6.41 Å². The van der Waals surface area contributed by atoms with Gasteiger partial charge in [-0.15, -0.1) is 0 Å². The Balaban J connectivity index is 1.68. The van der Waals surface area contributed by atoms with Crippen LogP contribution >= 0.6 is 0 Å². The standard InChI is InChI=1S/C19H29N3O2/c1-15-12-18(16(2)22(15)17-6-4-3-5-7-17)19(24)13-20-8-10-21(14-23)11-9-20/h12,14,17H,3-11,13H2,1-2H3. The van der Waals surface area contributed by atoms with E-state index in [4.69, 9.17) is 0 Å². The summed E-state index contributed by atoms with van der Waals surface area (Å²) >= 11 is 0. The second-order valence-electron chi connectivity index (χ2n) is 7.29. The Morgan fingerprint density at radius 2 is 1.79 bits per heavy atom. The van der Waals surface area contributed by atoms with Crippen molar-refractivity contribution in [1.29, 1.82) is 0 Å². The molecular weight excluding hydrogens is 302 g/mol. The van der Waals surface area contributed by atoms with Crippen LogP contribution in [0.15, 0.2) is 6.07 Å². The number of rotatable bonds is 5. The molecule has 5 nitrogen and oxygen atoms in total. The van der Waals surface area contributed by atoms with Gasteiger partial charge in [-0.2, -0.15) is 0 Å². The molecule has 132 valence electrons. The van der Waals surface area contributed by atoms with Gasteiger partial charge in [-0.1, -0.05) is 19.3 Å². The van der Waals surface area contributed by atoms with E-state index in [0.29, 0.717) is 12.6 Å². The molecule has 0 spiro atoms. The van der Waals surface area contributed by atoms with Gasteiger partial charge in [0.25, 0.3) is 0 Å². The van der Waals surface area contributed by atoms with Gasteiger partial charge in [0.05, 0.1) is 6.54 Å². The molecule has 2 fully saturated rings. The van der Waals surface area contributed by atoms with E-state index >= 15 is 0 Å². The van der Waals surface area contributed by atoms with Crippen molar-refractivity contribution >= 4 is 12.2 Å². The lowest BCUT2D eigenvalue weighted by Gasteiger charge is -2.32. The lowest BCUT2D eigenvalue weighted by Crippen LogP contribution is -2.47. The third kappa shape index (κ3) is 3.56. The van der Waals surface area contributed by atoms with E-state index in [1.165, 1.54) is 37.8 Å². The number of ketones is 1. The van der Waals surface area contributed by atoms with Crippen molar-refractivity contribution in [2.45, 2.75) is 52.0 Å². The predicted molar refractivity (Wildman–Crippen MR) is 94.4 cm³/mol. The molecular formula is C19H29N3O2. The minimum Gasteiger partial charge on any atom is -0.345 e. The Hall–Kier alpha value is -1.62. The molecule has 2 heterocycles. The lowest BCUT2D eigenvalue weighted by molar-refractivity contribution is -0.119. The Morgan fingerprint density at radius 1 is 1.12 bits per heavy atom. The molecule has 1 aliphatic carbocycles. The highest BCUT2D eigenvalue weighted by Gasteiger charge is 2.24. The molecule has 0 aromatic carbocycles. The molecule has 1 aromatic heterocycles. The fourth-order valence-electron chi connectivity index (χ4n) is 4.28. The fraction of sp³-hybridized carbons (Fsp3) is 0.684. The molecule has 1 aromatic rings. The van der Waals surface area contributed by atoms with Crippen LogP contribution in [0.1, 0.15) is 59.9 Å². The van der Waals surface area contributed by atoms with Gasteiger partial charge in [-0.25, -0.2) is 0 Å². The molecule has 0 bridgehead atoms. The predicted octanol–water partition coefficient (Wildman–Crippen LogP) is 2.57. The number of amides is 1. The monoisotopic (exact) mass is 331 g/mol. The van der Waals surface area contributed by atoms with Gasteiger partial charge < -0.3 is 9.47 Å². The Labute approximate surface area is 144 Å². The van der Waals surface area contributed by atoms with Crippen LogP contribution in [0.25, 0.3) is 0 Å². The summed E-state index contributed by atoms with van der Waals surface area (Å²) in [6, 6.07) is 2.64. The van der Waals surface area contributed by atoms with Gasteiger partial charge >= 0.3 is 0 Å². The normalized spacial score (nSPS) is 20.3. The molecule has 1 saturated heterocycles. The minimum atomic E-state index is 0.213. The highest BCUT2D eigenvalue weighted by atomic mass is 16.1. The first kappa shape index (κ1) is 17.2. The molecule has 1 saturated carbocycles. The average molecular weight is 331 g/mol. The van der Waals surface area contributed by atoms with Crippen LogP contribution in [0.2, 0.25) is 0 Å². The molecule has 24 heavy (non-hydrogen) atoms. The summed E-state index contributed by atoms with van der Waals surface area (Å²) < 4.78 is 2.40. The molecule has 2 aliphatic rings. The van der Waals surface area contributed by atoms with Crippen molar-refractivity contribution in [3.63, 3.8) is 0 Å². The average Bonchev–Trinajstić information content (AvgIpc) is 2.91. The molecule has 0 N–H and O–H groups in total. The van der Waals surface area contributed by atoms with Crippen LogP contribution in [0.3, 0.4) is 0 Å². The summed E-state index contributed by atoms with van der Waals surface area (Å²) in [5.41, 5.74) is 3.24. The molecule has 0 unspecified atom stereocenters. The molecule has 1 aliphatic heterocycles. The highest BCUT2D eigenvalue weighted by molar-refractivity contribution is 5.99. The number of hydrogen-bond donors (Lipinski definition) is 0. The zero-order chi connectivity index (χ0) is 17.1. The van der Waals surface area contributed by atoms with Gasteiger partial charge in [0, 0.05) is 49.2 Å². The van der Waals surface area contributed by atoms with Gasteiger partial charge in [0.15, 0.2) is 5.78 Å². The molecule has 0 atom stereocenters. The Bertz CT molecular complexity index is 594. The first-order valence-corrected chi connectivity index (χ1v) is 9.23. The van der Waals surface area contributed by atoms with Crippen LogP contribution in [0.4, 0.5) is 0 Å². The number of aryl methyl sites for hydroxylation is 1. The second-order valence-corrected chi connectivity index (χ2v) is 7.29. The maximum atomic E-state index is 12.8.